The van der Waals surface area contributed by atoms with Gasteiger partial charge in [-0.15, -0.1) is 0 Å². The number of rotatable bonds is 5. The van der Waals surface area contributed by atoms with Crippen LogP contribution in [0.25, 0.3) is 22.2 Å². The number of H-pyrrole nitrogens is 1. The van der Waals surface area contributed by atoms with E-state index in [9.17, 15) is 4.79 Å². The summed E-state index contributed by atoms with van der Waals surface area (Å²) in [6.07, 6.45) is -0.426. The Bertz CT molecular complexity index is 1220. The molecule has 0 spiro atoms. The molecule has 0 saturated heterocycles. The molecule has 0 aliphatic carbocycles. The monoisotopic (exact) mass is 396 g/mol. The van der Waals surface area contributed by atoms with Gasteiger partial charge in [0, 0.05) is 40.8 Å². The maximum absolute atomic E-state index is 12.9. The first-order valence-electron chi connectivity index (χ1n) is 10.5. The van der Waals surface area contributed by atoms with E-state index in [2.05, 4.69) is 60.1 Å². The zero-order valence-corrected chi connectivity index (χ0v) is 17.2. The lowest BCUT2D eigenvalue weighted by Gasteiger charge is -2.21. The number of carbonyl (C=O) groups excluding carboxylic acids is 1. The Morgan fingerprint density at radius 1 is 0.933 bits per heavy atom. The SMILES string of the molecule is CCN(CC)c1ccc2c(c1)C(=O)OC2c1c(-c2ccccc2)[nH]c2ccccc12. The lowest BCUT2D eigenvalue weighted by Crippen LogP contribution is -2.22. The third-order valence-corrected chi connectivity index (χ3v) is 5.96. The standard InChI is InChI=1S/C26H24N2O2/c1-3-28(4-2)18-14-15-19-21(16-18)26(29)30-25(19)23-20-12-8-9-13-22(20)27-24(23)17-10-6-5-7-11-17/h5-16,25,27H,3-4H2,1-2H3. The van der Waals surface area contributed by atoms with Gasteiger partial charge in [-0.05, 0) is 37.6 Å². The number of esters is 1. The Kier molecular flexibility index (Phi) is 4.55. The molecule has 5 rings (SSSR count). The van der Waals surface area contributed by atoms with Crippen LogP contribution in [0.4, 0.5) is 5.69 Å². The van der Waals surface area contributed by atoms with Crippen molar-refractivity contribution in [2.45, 2.75) is 20.0 Å². The minimum absolute atomic E-state index is 0.256. The van der Waals surface area contributed by atoms with E-state index in [1.54, 1.807) is 0 Å². The lowest BCUT2D eigenvalue weighted by molar-refractivity contribution is 0.0459. The molecule has 30 heavy (non-hydrogen) atoms. The molecular weight excluding hydrogens is 372 g/mol. The number of hydrogen-bond donors (Lipinski definition) is 1. The number of para-hydroxylation sites is 1. The average molecular weight is 396 g/mol. The van der Waals surface area contributed by atoms with Gasteiger partial charge in [-0.2, -0.15) is 0 Å². The Labute approximate surface area is 176 Å². The number of nitrogens with one attached hydrogen (secondary N) is 1. The van der Waals surface area contributed by atoms with Crippen LogP contribution in [0.15, 0.2) is 72.8 Å². The fourth-order valence-electron chi connectivity index (χ4n) is 4.45. The molecule has 1 aliphatic rings. The summed E-state index contributed by atoms with van der Waals surface area (Å²) in [6.45, 7) is 6.04. The first kappa shape index (κ1) is 18.5. The predicted octanol–water partition coefficient (Wildman–Crippen LogP) is 5.94. The van der Waals surface area contributed by atoms with Crippen LogP contribution in [0.3, 0.4) is 0 Å². The number of aromatic amines is 1. The molecule has 4 nitrogen and oxygen atoms in total. The molecule has 2 heterocycles. The van der Waals surface area contributed by atoms with Gasteiger partial charge < -0.3 is 14.6 Å². The third-order valence-electron chi connectivity index (χ3n) is 5.96. The predicted molar refractivity (Wildman–Crippen MR) is 121 cm³/mol. The number of cyclic esters (lactones) is 1. The van der Waals surface area contributed by atoms with Crippen LogP contribution in [0.1, 0.15) is 41.4 Å². The third kappa shape index (κ3) is 2.88. The molecule has 1 N–H and O–H groups in total. The minimum Gasteiger partial charge on any atom is -0.449 e. The number of anilines is 1. The molecule has 0 radical (unpaired) electrons. The van der Waals surface area contributed by atoms with Crippen molar-refractivity contribution < 1.29 is 9.53 Å². The molecule has 1 atom stereocenters. The Morgan fingerprint density at radius 3 is 2.43 bits per heavy atom. The molecule has 0 saturated carbocycles. The Hall–Kier alpha value is -3.53. The highest BCUT2D eigenvalue weighted by molar-refractivity contribution is 5.98. The normalized spacial score (nSPS) is 15.3. The number of aromatic nitrogens is 1. The number of nitrogens with zero attached hydrogens (tertiary/aromatic N) is 1. The van der Waals surface area contributed by atoms with E-state index in [-0.39, 0.29) is 5.97 Å². The molecule has 0 amide bonds. The largest absolute Gasteiger partial charge is 0.449 e. The minimum atomic E-state index is -0.426. The van der Waals surface area contributed by atoms with Crippen molar-refractivity contribution >= 4 is 22.6 Å². The number of benzene rings is 3. The topological polar surface area (TPSA) is 45.3 Å². The maximum Gasteiger partial charge on any atom is 0.339 e. The number of carbonyl (C=O) groups is 1. The summed E-state index contributed by atoms with van der Waals surface area (Å²) < 4.78 is 5.97. The quantitative estimate of drug-likeness (QED) is 0.425. The number of ether oxygens (including phenoxy) is 1. The zero-order valence-electron chi connectivity index (χ0n) is 17.2. The number of hydrogen-bond acceptors (Lipinski definition) is 3. The highest BCUT2D eigenvalue weighted by Crippen LogP contribution is 2.44. The Morgan fingerprint density at radius 2 is 1.67 bits per heavy atom. The molecule has 4 aromatic rings. The summed E-state index contributed by atoms with van der Waals surface area (Å²) in [5.41, 5.74) is 6.77. The van der Waals surface area contributed by atoms with Crippen molar-refractivity contribution in [3.8, 4) is 11.3 Å². The van der Waals surface area contributed by atoms with Gasteiger partial charge in [-0.3, -0.25) is 0 Å². The van der Waals surface area contributed by atoms with Gasteiger partial charge in [0.15, 0.2) is 6.10 Å². The van der Waals surface area contributed by atoms with E-state index in [4.69, 9.17) is 4.74 Å². The van der Waals surface area contributed by atoms with Crippen LogP contribution in [0.5, 0.6) is 0 Å². The van der Waals surface area contributed by atoms with E-state index in [1.807, 2.05) is 36.4 Å². The zero-order chi connectivity index (χ0) is 20.7. The van der Waals surface area contributed by atoms with Crippen molar-refractivity contribution in [1.82, 2.24) is 4.98 Å². The maximum atomic E-state index is 12.9. The van der Waals surface area contributed by atoms with E-state index in [1.165, 1.54) is 0 Å². The number of fused-ring (bicyclic) bond motifs is 2. The fraction of sp³-hybridized carbons (Fsp3) is 0.192. The highest BCUT2D eigenvalue weighted by Gasteiger charge is 2.36. The van der Waals surface area contributed by atoms with Crippen LogP contribution in [0, 0.1) is 0 Å². The van der Waals surface area contributed by atoms with Gasteiger partial charge in [0.05, 0.1) is 11.3 Å². The van der Waals surface area contributed by atoms with Crippen molar-refractivity contribution in [3.63, 3.8) is 0 Å². The molecule has 0 bridgehead atoms. The summed E-state index contributed by atoms with van der Waals surface area (Å²) in [7, 11) is 0. The highest BCUT2D eigenvalue weighted by atomic mass is 16.5. The van der Waals surface area contributed by atoms with Gasteiger partial charge >= 0.3 is 5.97 Å². The van der Waals surface area contributed by atoms with Crippen LogP contribution in [0.2, 0.25) is 0 Å². The van der Waals surface area contributed by atoms with Gasteiger partial charge in [-0.1, -0.05) is 54.6 Å². The lowest BCUT2D eigenvalue weighted by atomic mass is 9.94. The summed E-state index contributed by atoms with van der Waals surface area (Å²) in [5, 5.41) is 1.08. The van der Waals surface area contributed by atoms with Crippen LogP contribution in [-0.4, -0.2) is 24.0 Å². The van der Waals surface area contributed by atoms with E-state index in [0.717, 1.165) is 52.1 Å². The van der Waals surface area contributed by atoms with Crippen LogP contribution < -0.4 is 4.90 Å². The second kappa shape index (κ2) is 7.38. The average Bonchev–Trinajstić information content (AvgIpc) is 3.33. The first-order chi connectivity index (χ1) is 14.7. The van der Waals surface area contributed by atoms with Crippen LogP contribution in [-0.2, 0) is 4.74 Å². The summed E-state index contributed by atoms with van der Waals surface area (Å²) in [6, 6.07) is 24.5. The summed E-state index contributed by atoms with van der Waals surface area (Å²) in [5.74, 6) is -0.256. The van der Waals surface area contributed by atoms with Gasteiger partial charge in [0.25, 0.3) is 0 Å². The van der Waals surface area contributed by atoms with E-state index < -0.39 is 6.10 Å². The summed E-state index contributed by atoms with van der Waals surface area (Å²) in [4.78, 5) is 18.6. The summed E-state index contributed by atoms with van der Waals surface area (Å²) >= 11 is 0. The van der Waals surface area contributed by atoms with Gasteiger partial charge in [0.2, 0.25) is 0 Å². The Balaban J connectivity index is 1.69. The molecular formula is C26H24N2O2. The second-order valence-electron chi connectivity index (χ2n) is 7.55. The molecule has 1 aromatic heterocycles. The molecule has 3 aromatic carbocycles. The smallest absolute Gasteiger partial charge is 0.339 e. The van der Waals surface area contributed by atoms with Crippen molar-refractivity contribution in [2.24, 2.45) is 0 Å². The van der Waals surface area contributed by atoms with Crippen molar-refractivity contribution in [1.29, 1.82) is 0 Å². The van der Waals surface area contributed by atoms with E-state index >= 15 is 0 Å². The molecule has 0 fully saturated rings. The fourth-order valence-corrected chi connectivity index (χ4v) is 4.45. The van der Waals surface area contributed by atoms with Crippen LogP contribution >= 0.6 is 0 Å². The van der Waals surface area contributed by atoms with Crippen molar-refractivity contribution in [3.05, 3.63) is 89.5 Å². The molecule has 150 valence electrons. The first-order valence-corrected chi connectivity index (χ1v) is 10.5. The molecule has 4 heteroatoms. The second-order valence-corrected chi connectivity index (χ2v) is 7.55. The van der Waals surface area contributed by atoms with Gasteiger partial charge in [0.1, 0.15) is 0 Å². The van der Waals surface area contributed by atoms with E-state index in [0.29, 0.717) is 5.56 Å². The molecule has 1 aliphatic heterocycles. The molecule has 1 unspecified atom stereocenters. The van der Waals surface area contributed by atoms with Gasteiger partial charge in [-0.25, -0.2) is 4.79 Å². The van der Waals surface area contributed by atoms with Crippen molar-refractivity contribution in [2.75, 3.05) is 18.0 Å².